The van der Waals surface area contributed by atoms with Gasteiger partial charge in [-0.25, -0.2) is 4.39 Å². The number of carbonyl (C=O) groups is 2. The second-order valence-electron chi connectivity index (χ2n) is 5.63. The van der Waals surface area contributed by atoms with E-state index in [1.807, 2.05) is 0 Å². The molecule has 1 aliphatic heterocycles. The number of benzene rings is 2. The van der Waals surface area contributed by atoms with E-state index in [4.69, 9.17) is 17.0 Å². The Morgan fingerprint density at radius 2 is 2.04 bits per heavy atom. The van der Waals surface area contributed by atoms with Crippen LogP contribution in [0.5, 0.6) is 11.5 Å². The van der Waals surface area contributed by atoms with Gasteiger partial charge in [0.1, 0.15) is 5.82 Å². The average Bonchev–Trinajstić information content (AvgIpc) is 2.92. The maximum atomic E-state index is 13.0. The van der Waals surface area contributed by atoms with Crippen LogP contribution in [0.3, 0.4) is 0 Å². The van der Waals surface area contributed by atoms with Crippen molar-refractivity contribution < 1.29 is 23.8 Å². The Morgan fingerprint density at radius 1 is 1.32 bits per heavy atom. The summed E-state index contributed by atoms with van der Waals surface area (Å²) in [5.74, 6) is -1.24. The predicted molar refractivity (Wildman–Crippen MR) is 108 cm³/mol. The number of aromatic hydroxyl groups is 1. The normalized spacial score (nSPS) is 15.2. The third-order valence-electron chi connectivity index (χ3n) is 3.69. The monoisotopic (exact) mass is 418 g/mol. The first kappa shape index (κ1) is 19.8. The lowest BCUT2D eigenvalue weighted by molar-refractivity contribution is -0.123. The highest BCUT2D eigenvalue weighted by molar-refractivity contribution is 8.26. The lowest BCUT2D eigenvalue weighted by Gasteiger charge is -2.15. The Hall–Kier alpha value is -2.91. The first-order valence-corrected chi connectivity index (χ1v) is 9.42. The molecule has 1 fully saturated rings. The summed E-state index contributed by atoms with van der Waals surface area (Å²) in [7, 11) is 0. The van der Waals surface area contributed by atoms with E-state index in [2.05, 4.69) is 5.43 Å². The molecule has 9 heteroatoms. The number of ether oxygens (including phenoxy) is 1. The highest BCUT2D eigenvalue weighted by atomic mass is 32.2. The summed E-state index contributed by atoms with van der Waals surface area (Å²) < 4.78 is 18.5. The van der Waals surface area contributed by atoms with Gasteiger partial charge in [-0.1, -0.05) is 17.8 Å². The maximum absolute atomic E-state index is 13.0. The summed E-state index contributed by atoms with van der Waals surface area (Å²) in [6, 6.07) is 9.62. The third kappa shape index (κ3) is 4.32. The highest BCUT2D eigenvalue weighted by Crippen LogP contribution is 2.33. The Balaban J connectivity index is 1.77. The number of phenols is 1. The predicted octanol–water partition coefficient (Wildman–Crippen LogP) is 3.48. The number of nitrogens with zero attached hydrogens (tertiary/aromatic N) is 1. The first-order valence-electron chi connectivity index (χ1n) is 8.19. The number of thioether (sulfide) groups is 1. The smallest absolute Gasteiger partial charge is 0.285 e. The number of amides is 2. The zero-order valence-corrected chi connectivity index (χ0v) is 16.3. The number of phenolic OH excluding ortho intramolecular Hbond substituents is 1. The van der Waals surface area contributed by atoms with Crippen molar-refractivity contribution in [3.8, 4) is 11.5 Å². The zero-order valence-electron chi connectivity index (χ0n) is 14.6. The second-order valence-corrected chi connectivity index (χ2v) is 7.30. The molecule has 0 saturated carbocycles. The van der Waals surface area contributed by atoms with E-state index < -0.39 is 17.6 Å². The molecular formula is C19H15FN2O4S2. The fraction of sp³-hybridized carbons (Fsp3) is 0.105. The van der Waals surface area contributed by atoms with Gasteiger partial charge in [0.05, 0.1) is 11.5 Å². The molecule has 1 aliphatic rings. The molecule has 2 N–H and O–H groups in total. The van der Waals surface area contributed by atoms with Crippen LogP contribution in [0.25, 0.3) is 6.08 Å². The van der Waals surface area contributed by atoms with Crippen molar-refractivity contribution >= 4 is 46.2 Å². The van der Waals surface area contributed by atoms with Crippen molar-refractivity contribution in [3.63, 3.8) is 0 Å². The molecule has 28 heavy (non-hydrogen) atoms. The first-order chi connectivity index (χ1) is 13.4. The van der Waals surface area contributed by atoms with Crippen molar-refractivity contribution in [1.29, 1.82) is 0 Å². The molecule has 1 saturated heterocycles. The van der Waals surface area contributed by atoms with E-state index in [0.717, 1.165) is 28.9 Å². The van der Waals surface area contributed by atoms with Gasteiger partial charge in [-0.05, 0) is 67.2 Å². The lowest BCUT2D eigenvalue weighted by Crippen LogP contribution is -2.44. The van der Waals surface area contributed by atoms with Gasteiger partial charge in [0.15, 0.2) is 15.8 Å². The van der Waals surface area contributed by atoms with Crippen LogP contribution in [-0.4, -0.2) is 32.9 Å². The van der Waals surface area contributed by atoms with Gasteiger partial charge in [0, 0.05) is 5.56 Å². The van der Waals surface area contributed by atoms with E-state index in [-0.39, 0.29) is 15.6 Å². The van der Waals surface area contributed by atoms with Crippen molar-refractivity contribution in [2.45, 2.75) is 6.92 Å². The Bertz CT molecular complexity index is 976. The average molecular weight is 418 g/mol. The number of rotatable bonds is 5. The van der Waals surface area contributed by atoms with Gasteiger partial charge in [-0.3, -0.25) is 15.0 Å². The maximum Gasteiger partial charge on any atom is 0.285 e. The molecule has 144 valence electrons. The molecule has 0 aromatic heterocycles. The second kappa shape index (κ2) is 8.41. The molecule has 3 rings (SSSR count). The number of thiocarbonyl (C=S) groups is 1. The topological polar surface area (TPSA) is 78.9 Å². The molecule has 0 atom stereocenters. The fourth-order valence-corrected chi connectivity index (χ4v) is 3.55. The van der Waals surface area contributed by atoms with Gasteiger partial charge in [-0.2, -0.15) is 5.01 Å². The minimum absolute atomic E-state index is 0.00175. The molecule has 1 heterocycles. The minimum atomic E-state index is -0.583. The van der Waals surface area contributed by atoms with Crippen LogP contribution in [-0.2, 0) is 4.79 Å². The number of hydrazine groups is 1. The van der Waals surface area contributed by atoms with E-state index in [9.17, 15) is 19.1 Å². The molecule has 0 unspecified atom stereocenters. The summed E-state index contributed by atoms with van der Waals surface area (Å²) >= 11 is 6.21. The number of hydrogen-bond acceptors (Lipinski definition) is 6. The van der Waals surface area contributed by atoms with Crippen molar-refractivity contribution in [1.82, 2.24) is 10.4 Å². The largest absolute Gasteiger partial charge is 0.504 e. The van der Waals surface area contributed by atoms with Crippen LogP contribution in [0.2, 0.25) is 0 Å². The van der Waals surface area contributed by atoms with Crippen LogP contribution >= 0.6 is 24.0 Å². The van der Waals surface area contributed by atoms with Crippen molar-refractivity contribution in [2.24, 2.45) is 0 Å². The van der Waals surface area contributed by atoms with Gasteiger partial charge in [-0.15, -0.1) is 0 Å². The zero-order chi connectivity index (χ0) is 20.3. The molecule has 2 amide bonds. The summed E-state index contributed by atoms with van der Waals surface area (Å²) in [4.78, 5) is 25.2. The van der Waals surface area contributed by atoms with Crippen LogP contribution in [0.15, 0.2) is 47.4 Å². The van der Waals surface area contributed by atoms with E-state index in [0.29, 0.717) is 22.8 Å². The molecule has 6 nitrogen and oxygen atoms in total. The Morgan fingerprint density at radius 3 is 2.71 bits per heavy atom. The van der Waals surface area contributed by atoms with E-state index >= 15 is 0 Å². The molecule has 0 radical (unpaired) electrons. The SMILES string of the molecule is CCOc1cc(C=C2SC(=S)N(NC(=O)c3ccc(F)cc3)C2=O)ccc1O. The fourth-order valence-electron chi connectivity index (χ4n) is 2.37. The summed E-state index contributed by atoms with van der Waals surface area (Å²) in [6.45, 7) is 2.18. The molecule has 0 spiro atoms. The Kier molecular flexibility index (Phi) is 5.96. The van der Waals surface area contributed by atoms with Crippen LogP contribution in [0.4, 0.5) is 4.39 Å². The minimum Gasteiger partial charge on any atom is -0.504 e. The molecule has 2 aromatic rings. The van der Waals surface area contributed by atoms with E-state index in [1.54, 1.807) is 25.1 Å². The van der Waals surface area contributed by atoms with Crippen LogP contribution in [0.1, 0.15) is 22.8 Å². The Labute approximate surface area is 170 Å². The number of halogens is 1. The van der Waals surface area contributed by atoms with Crippen LogP contribution in [0, 0.1) is 5.82 Å². The van der Waals surface area contributed by atoms with Crippen molar-refractivity contribution in [2.75, 3.05) is 6.61 Å². The number of carbonyl (C=O) groups excluding carboxylic acids is 2. The summed E-state index contributed by atoms with van der Waals surface area (Å²) in [6.07, 6.45) is 1.59. The molecule has 0 bridgehead atoms. The van der Waals surface area contributed by atoms with Crippen LogP contribution < -0.4 is 10.2 Å². The van der Waals surface area contributed by atoms with Gasteiger partial charge >= 0.3 is 0 Å². The highest BCUT2D eigenvalue weighted by Gasteiger charge is 2.33. The standard InChI is InChI=1S/C19H15FN2O4S2/c1-2-26-15-9-11(3-8-14(15)23)10-16-18(25)22(19(27)28-16)21-17(24)12-4-6-13(20)7-5-12/h3-10,23H,2H2,1H3,(H,21,24). The molecule has 2 aromatic carbocycles. The quantitative estimate of drug-likeness (QED) is 0.572. The van der Waals surface area contributed by atoms with Gasteiger partial charge in [0.25, 0.3) is 11.8 Å². The van der Waals surface area contributed by atoms with Crippen molar-refractivity contribution in [3.05, 3.63) is 64.3 Å². The molecule has 0 aliphatic carbocycles. The van der Waals surface area contributed by atoms with E-state index in [1.165, 1.54) is 18.2 Å². The lowest BCUT2D eigenvalue weighted by atomic mass is 10.2. The molecular weight excluding hydrogens is 403 g/mol. The third-order valence-corrected chi connectivity index (χ3v) is 5.00. The summed E-state index contributed by atoms with van der Waals surface area (Å²) in [5.41, 5.74) is 3.25. The van der Waals surface area contributed by atoms with Gasteiger partial charge in [0.2, 0.25) is 0 Å². The van der Waals surface area contributed by atoms with Gasteiger partial charge < -0.3 is 9.84 Å². The number of nitrogens with one attached hydrogen (secondary N) is 1. The summed E-state index contributed by atoms with van der Waals surface area (Å²) in [5, 5.41) is 10.7. The number of hydrogen-bond donors (Lipinski definition) is 2.